The van der Waals surface area contributed by atoms with Crippen molar-refractivity contribution in [3.63, 3.8) is 0 Å². The number of nitrogens with one attached hydrogen (secondary N) is 1. The Balaban J connectivity index is 1.56. The van der Waals surface area contributed by atoms with Gasteiger partial charge in [-0.15, -0.1) is 0 Å². The zero-order chi connectivity index (χ0) is 22.2. The van der Waals surface area contributed by atoms with E-state index in [4.69, 9.17) is 29.9 Å². The van der Waals surface area contributed by atoms with Crippen LogP contribution in [0.5, 0.6) is 0 Å². The lowest BCUT2D eigenvalue weighted by Gasteiger charge is -2.18. The maximum atomic E-state index is 12.1. The monoisotopic (exact) mass is 477 g/mol. The van der Waals surface area contributed by atoms with Crippen LogP contribution in [0.25, 0.3) is 11.2 Å². The number of hydrogen-bond acceptors (Lipinski definition) is 11. The van der Waals surface area contributed by atoms with E-state index in [1.54, 1.807) is 0 Å². The number of anilines is 1. The molecule has 0 spiro atoms. The Bertz CT molecular complexity index is 964. The van der Waals surface area contributed by atoms with Gasteiger partial charge in [-0.1, -0.05) is 12.8 Å². The van der Waals surface area contributed by atoms with Gasteiger partial charge in [-0.05, 0) is 24.4 Å². The highest BCUT2D eigenvalue weighted by molar-refractivity contribution is 7.48. The quantitative estimate of drug-likeness (QED) is 0.377. The van der Waals surface area contributed by atoms with Crippen LogP contribution in [0.1, 0.15) is 31.9 Å². The fourth-order valence-electron chi connectivity index (χ4n) is 3.88. The molecule has 12 nitrogen and oxygen atoms in total. The highest BCUT2D eigenvalue weighted by atomic mass is 35.5. The first-order valence-electron chi connectivity index (χ1n) is 9.89. The fraction of sp³-hybridized carbons (Fsp3) is 0.706. The summed E-state index contributed by atoms with van der Waals surface area (Å²) in [6, 6.07) is 0.285. The molecule has 4 rings (SSSR count). The number of aliphatic hydroxyl groups excluding tert-OH is 2. The Morgan fingerprint density at radius 3 is 2.65 bits per heavy atom. The first-order chi connectivity index (χ1) is 14.8. The van der Waals surface area contributed by atoms with Gasteiger partial charge < -0.3 is 20.3 Å². The van der Waals surface area contributed by atoms with E-state index in [0.29, 0.717) is 17.0 Å². The Kier molecular flexibility index (Phi) is 6.80. The van der Waals surface area contributed by atoms with Crippen molar-refractivity contribution in [1.29, 1.82) is 0 Å². The molecular weight excluding hydrogens is 453 g/mol. The molecule has 2 fully saturated rings. The molecule has 1 saturated carbocycles. The molecule has 1 aliphatic carbocycles. The first-order valence-corrected chi connectivity index (χ1v) is 11.7. The Labute approximate surface area is 183 Å². The van der Waals surface area contributed by atoms with Gasteiger partial charge in [0.15, 0.2) is 23.2 Å². The summed E-state index contributed by atoms with van der Waals surface area (Å²) in [6.07, 6.45) is 1.15. The van der Waals surface area contributed by atoms with Gasteiger partial charge >= 0.3 is 7.82 Å². The zero-order valence-electron chi connectivity index (χ0n) is 17.0. The summed E-state index contributed by atoms with van der Waals surface area (Å²) in [5.74, 6) is 0.509. The molecular formula is C17H25ClN5O7P. The van der Waals surface area contributed by atoms with E-state index in [9.17, 15) is 14.8 Å². The van der Waals surface area contributed by atoms with Gasteiger partial charge in [-0.2, -0.15) is 9.97 Å². The van der Waals surface area contributed by atoms with Gasteiger partial charge in [-0.25, -0.2) is 9.55 Å². The molecule has 31 heavy (non-hydrogen) atoms. The number of nitrogens with zero attached hydrogens (tertiary/aromatic N) is 4. The number of imidazole rings is 1. The van der Waals surface area contributed by atoms with Crippen LogP contribution < -0.4 is 5.32 Å². The predicted molar refractivity (Wildman–Crippen MR) is 110 cm³/mol. The van der Waals surface area contributed by atoms with Gasteiger partial charge in [0.1, 0.15) is 18.3 Å². The van der Waals surface area contributed by atoms with Crippen LogP contribution in [0, 0.1) is 0 Å². The van der Waals surface area contributed by atoms with Crippen molar-refractivity contribution in [3.8, 4) is 0 Å². The molecule has 172 valence electrons. The van der Waals surface area contributed by atoms with Crippen molar-refractivity contribution in [3.05, 3.63) is 11.6 Å². The van der Waals surface area contributed by atoms with Crippen LogP contribution in [0.4, 0.5) is 5.82 Å². The van der Waals surface area contributed by atoms with E-state index in [-0.39, 0.29) is 17.9 Å². The lowest BCUT2D eigenvalue weighted by atomic mass is 10.1. The van der Waals surface area contributed by atoms with Crippen molar-refractivity contribution >= 4 is 36.4 Å². The third kappa shape index (κ3) is 4.57. The second kappa shape index (κ2) is 9.24. The van der Waals surface area contributed by atoms with E-state index >= 15 is 0 Å². The topological polar surface area (TPSA) is 150 Å². The number of aliphatic hydroxyl groups is 2. The summed E-state index contributed by atoms with van der Waals surface area (Å²) in [6.45, 7) is -0.329. The van der Waals surface area contributed by atoms with Crippen LogP contribution in [-0.4, -0.2) is 74.9 Å². The summed E-state index contributed by atoms with van der Waals surface area (Å²) in [5, 5.41) is 24.4. The van der Waals surface area contributed by atoms with E-state index in [1.807, 2.05) is 0 Å². The van der Waals surface area contributed by atoms with Gasteiger partial charge in [0.25, 0.3) is 0 Å². The fourth-order valence-corrected chi connectivity index (χ4v) is 4.74. The maximum absolute atomic E-state index is 12.1. The highest BCUT2D eigenvalue weighted by Gasteiger charge is 2.45. The second-order valence-corrected chi connectivity index (χ2v) is 9.67. The standard InChI is InChI=1S/C17H25ClN5O7P/c1-27-31(26,28-2)29-7-10-12(24)13(25)16(30-10)23-8-19-11-14(20-9-5-3-4-6-9)21-17(18)22-15(11)23/h8-10,12-13,16,24-25H,3-7H2,1-2H3,(H,20,21,22)/t10-,12-,13-,16-/m1/s1. The number of fused-ring (bicyclic) bond motifs is 1. The summed E-state index contributed by atoms with van der Waals surface area (Å²) >= 11 is 6.14. The summed E-state index contributed by atoms with van der Waals surface area (Å²) < 4.78 is 33.9. The summed E-state index contributed by atoms with van der Waals surface area (Å²) in [7, 11) is -1.42. The van der Waals surface area contributed by atoms with E-state index in [1.165, 1.54) is 25.1 Å². The number of rotatable bonds is 8. The lowest BCUT2D eigenvalue weighted by Crippen LogP contribution is -2.33. The van der Waals surface area contributed by atoms with E-state index in [2.05, 4.69) is 20.3 Å². The van der Waals surface area contributed by atoms with Gasteiger partial charge in [0.2, 0.25) is 5.28 Å². The van der Waals surface area contributed by atoms with Crippen LogP contribution in [-0.2, 0) is 22.9 Å². The third-order valence-corrected chi connectivity index (χ3v) is 7.07. The van der Waals surface area contributed by atoms with Crippen molar-refractivity contribution in [2.75, 3.05) is 26.1 Å². The minimum atomic E-state index is -3.76. The number of ether oxygens (including phenoxy) is 1. The van der Waals surface area contributed by atoms with Gasteiger partial charge in [0.05, 0.1) is 12.9 Å². The van der Waals surface area contributed by atoms with Crippen molar-refractivity contribution in [2.24, 2.45) is 0 Å². The second-order valence-electron chi connectivity index (χ2n) is 7.45. The SMILES string of the molecule is COP(=O)(OC)OC[C@H]1O[C@@H](n2cnc3c(NC4CCCC4)nc(Cl)nc32)[C@H](O)[C@@H]1O. The molecule has 1 saturated heterocycles. The van der Waals surface area contributed by atoms with E-state index in [0.717, 1.165) is 25.7 Å². The van der Waals surface area contributed by atoms with Crippen molar-refractivity contribution < 1.29 is 33.1 Å². The smallest absolute Gasteiger partial charge is 0.387 e. The molecule has 0 unspecified atom stereocenters. The van der Waals surface area contributed by atoms with Crippen LogP contribution >= 0.6 is 19.4 Å². The lowest BCUT2D eigenvalue weighted by molar-refractivity contribution is -0.0514. The normalized spacial score (nSPS) is 27.4. The molecule has 0 bridgehead atoms. The number of phosphoric ester groups is 1. The molecule has 1 aliphatic heterocycles. The zero-order valence-corrected chi connectivity index (χ0v) is 18.7. The molecule has 2 aromatic heterocycles. The molecule has 2 aliphatic rings. The molecule has 3 N–H and O–H groups in total. The summed E-state index contributed by atoms with van der Waals surface area (Å²) in [4.78, 5) is 12.9. The molecule has 0 amide bonds. The minimum Gasteiger partial charge on any atom is -0.387 e. The van der Waals surface area contributed by atoms with Gasteiger partial charge in [-0.3, -0.25) is 18.1 Å². The maximum Gasteiger partial charge on any atom is 0.474 e. The van der Waals surface area contributed by atoms with Crippen LogP contribution in [0.15, 0.2) is 6.33 Å². The van der Waals surface area contributed by atoms with E-state index < -0.39 is 32.4 Å². The van der Waals surface area contributed by atoms with Crippen molar-refractivity contribution in [1.82, 2.24) is 19.5 Å². The first kappa shape index (κ1) is 22.8. The summed E-state index contributed by atoms with van der Waals surface area (Å²) in [5.41, 5.74) is 0.822. The Morgan fingerprint density at radius 2 is 1.97 bits per heavy atom. The number of hydrogen-bond donors (Lipinski definition) is 3. The Hall–Kier alpha value is -1.37. The minimum absolute atomic E-state index is 0.0174. The number of aromatic nitrogens is 4. The predicted octanol–water partition coefficient (Wildman–Crippen LogP) is 1.87. The van der Waals surface area contributed by atoms with Gasteiger partial charge in [0, 0.05) is 20.3 Å². The molecule has 3 heterocycles. The third-order valence-electron chi connectivity index (χ3n) is 5.55. The number of phosphoric acid groups is 1. The molecule has 2 aromatic rings. The molecule has 0 aromatic carbocycles. The molecule has 4 atom stereocenters. The molecule has 14 heteroatoms. The average molecular weight is 478 g/mol. The average Bonchev–Trinajstić information content (AvgIpc) is 3.48. The van der Waals surface area contributed by atoms with Crippen molar-refractivity contribution in [2.45, 2.75) is 56.3 Å². The number of halogens is 1. The van der Waals surface area contributed by atoms with Crippen LogP contribution in [0.3, 0.4) is 0 Å². The Morgan fingerprint density at radius 1 is 1.26 bits per heavy atom. The molecule has 0 radical (unpaired) electrons. The largest absolute Gasteiger partial charge is 0.474 e. The highest BCUT2D eigenvalue weighted by Crippen LogP contribution is 2.48. The van der Waals surface area contributed by atoms with Crippen LogP contribution in [0.2, 0.25) is 5.28 Å².